The van der Waals surface area contributed by atoms with Gasteiger partial charge in [-0.2, -0.15) is 15.3 Å². The number of aryl methyl sites for hydroxylation is 1. The fourth-order valence-electron chi connectivity index (χ4n) is 6.43. The minimum Gasteiger partial charge on any atom is -0.383 e. The molecule has 2 amide bonds. The van der Waals surface area contributed by atoms with Gasteiger partial charge in [-0.25, -0.2) is 8.78 Å². The number of likely N-dealkylation sites (tertiary alicyclic amines) is 1. The van der Waals surface area contributed by atoms with E-state index in [2.05, 4.69) is 30.8 Å². The van der Waals surface area contributed by atoms with Gasteiger partial charge in [-0.1, -0.05) is 12.5 Å². The van der Waals surface area contributed by atoms with Crippen LogP contribution in [0.2, 0.25) is 0 Å². The normalized spacial score (nSPS) is 18.0. The van der Waals surface area contributed by atoms with Gasteiger partial charge in [0, 0.05) is 42.6 Å². The first kappa shape index (κ1) is 29.4. The summed E-state index contributed by atoms with van der Waals surface area (Å²) in [6, 6.07) is 11.4. The Bertz CT molecular complexity index is 1930. The van der Waals surface area contributed by atoms with Gasteiger partial charge in [0.05, 0.1) is 36.1 Å². The average molecular weight is 627 g/mol. The summed E-state index contributed by atoms with van der Waals surface area (Å²) in [6.07, 6.45) is 6.04. The largest absolute Gasteiger partial charge is 0.383 e. The highest BCUT2D eigenvalue weighted by molar-refractivity contribution is 6.05. The van der Waals surface area contributed by atoms with Crippen molar-refractivity contribution in [1.29, 1.82) is 0 Å². The molecule has 5 aromatic rings. The molecule has 1 fully saturated rings. The zero-order chi connectivity index (χ0) is 31.8. The zero-order valence-electron chi connectivity index (χ0n) is 24.9. The number of rotatable bonds is 8. The first-order valence-electron chi connectivity index (χ1n) is 15.3. The minimum absolute atomic E-state index is 0.0337. The van der Waals surface area contributed by atoms with E-state index in [1.807, 2.05) is 10.6 Å². The number of primary amides is 1. The van der Waals surface area contributed by atoms with Crippen molar-refractivity contribution in [2.45, 2.75) is 57.4 Å². The van der Waals surface area contributed by atoms with E-state index in [-0.39, 0.29) is 37.7 Å². The molecule has 0 saturated carbocycles. The highest BCUT2D eigenvalue weighted by atomic mass is 19.1. The minimum atomic E-state index is -1.20. The van der Waals surface area contributed by atoms with Gasteiger partial charge in [-0.15, -0.1) is 10.2 Å². The van der Waals surface area contributed by atoms with E-state index in [0.29, 0.717) is 28.0 Å². The van der Waals surface area contributed by atoms with Gasteiger partial charge >= 0.3 is 0 Å². The van der Waals surface area contributed by atoms with Crippen molar-refractivity contribution in [3.05, 3.63) is 72.2 Å². The lowest BCUT2D eigenvalue weighted by Gasteiger charge is -2.25. The summed E-state index contributed by atoms with van der Waals surface area (Å²) in [5.74, 6) is -0.127. The number of halogens is 2. The van der Waals surface area contributed by atoms with Gasteiger partial charge in [-0.05, 0) is 54.8 Å². The highest BCUT2D eigenvalue weighted by Crippen LogP contribution is 2.30. The third kappa shape index (κ3) is 5.66. The summed E-state index contributed by atoms with van der Waals surface area (Å²) < 4.78 is 33.1. The van der Waals surface area contributed by atoms with Crippen LogP contribution >= 0.6 is 0 Å². The number of anilines is 1. The third-order valence-corrected chi connectivity index (χ3v) is 8.73. The van der Waals surface area contributed by atoms with Crippen molar-refractivity contribution in [2.24, 2.45) is 5.73 Å². The number of hydrogen-bond acceptors (Lipinski definition) is 8. The number of nitrogens with two attached hydrogens (primary N) is 1. The number of nitrogens with one attached hydrogen (secondary N) is 1. The number of amides is 2. The Kier molecular flexibility index (Phi) is 7.84. The number of carbonyl (C=O) groups excluding carboxylic acids is 2. The van der Waals surface area contributed by atoms with Crippen molar-refractivity contribution in [1.82, 2.24) is 39.6 Å². The summed E-state index contributed by atoms with van der Waals surface area (Å²) in [5, 5.41) is 24.4. The maximum atomic E-state index is 15.0. The standard InChI is InChI=1S/C32H32F2N10O2/c33-21-13-23(16-36-22-6-7-26(34)24(14-22)32-40-39-28-4-2-1-3-11-42(28)32)43(17-21)29(45)18-44-27-8-5-19(20-9-10-37-38-15-20)12-25(27)30(41-44)31(35)46/h5-10,12,14-15,21,23,36H,1-4,11,13,16-18H2,(H2,35,46)/t21-,23+/m1/s1. The van der Waals surface area contributed by atoms with E-state index in [1.54, 1.807) is 42.7 Å². The average Bonchev–Trinajstić information content (AvgIpc) is 3.70. The molecule has 12 nitrogen and oxygen atoms in total. The Morgan fingerprint density at radius 3 is 2.74 bits per heavy atom. The van der Waals surface area contributed by atoms with Crippen molar-refractivity contribution < 1.29 is 18.4 Å². The molecule has 2 aliphatic heterocycles. The van der Waals surface area contributed by atoms with Gasteiger partial charge in [0.1, 0.15) is 24.4 Å². The van der Waals surface area contributed by atoms with Crippen LogP contribution < -0.4 is 11.1 Å². The molecule has 3 N–H and O–H groups in total. The molecule has 0 bridgehead atoms. The quantitative estimate of drug-likeness (QED) is 0.264. The Morgan fingerprint density at radius 2 is 1.91 bits per heavy atom. The SMILES string of the molecule is NC(=O)c1nn(CC(=O)N2C[C@H](F)C[C@H]2CNc2ccc(F)c(-c3nnc4n3CCCCC4)c2)c2ccc(-c3ccnnc3)cc12. The predicted octanol–water partition coefficient (Wildman–Crippen LogP) is 3.77. The van der Waals surface area contributed by atoms with E-state index in [4.69, 9.17) is 5.73 Å². The topological polar surface area (TPSA) is 150 Å². The fourth-order valence-corrected chi connectivity index (χ4v) is 6.43. The lowest BCUT2D eigenvalue weighted by molar-refractivity contribution is -0.132. The van der Waals surface area contributed by atoms with Crippen LogP contribution in [-0.2, 0) is 24.3 Å². The number of carbonyl (C=O) groups is 2. The lowest BCUT2D eigenvalue weighted by Crippen LogP contribution is -2.41. The molecule has 5 heterocycles. The molecule has 2 atom stereocenters. The smallest absolute Gasteiger partial charge is 0.269 e. The van der Waals surface area contributed by atoms with Gasteiger partial charge in [0.25, 0.3) is 5.91 Å². The Labute approximate surface area is 262 Å². The van der Waals surface area contributed by atoms with Gasteiger partial charge in [-0.3, -0.25) is 14.3 Å². The first-order chi connectivity index (χ1) is 22.4. The maximum Gasteiger partial charge on any atom is 0.269 e. The number of aromatic nitrogens is 7. The molecule has 1 saturated heterocycles. The van der Waals surface area contributed by atoms with Crippen LogP contribution in [0.25, 0.3) is 33.4 Å². The number of alkyl halides is 1. The van der Waals surface area contributed by atoms with Crippen LogP contribution in [0, 0.1) is 5.82 Å². The van der Waals surface area contributed by atoms with Gasteiger partial charge in [0.15, 0.2) is 11.5 Å². The van der Waals surface area contributed by atoms with Crippen molar-refractivity contribution in [2.75, 3.05) is 18.4 Å². The van der Waals surface area contributed by atoms with E-state index < -0.39 is 23.9 Å². The summed E-state index contributed by atoms with van der Waals surface area (Å²) in [6.45, 7) is 0.723. The number of benzene rings is 2. The molecule has 3 aromatic heterocycles. The molecule has 46 heavy (non-hydrogen) atoms. The Hall–Kier alpha value is -5.27. The second kappa shape index (κ2) is 12.3. The van der Waals surface area contributed by atoms with Crippen molar-refractivity contribution in [3.63, 3.8) is 0 Å². The monoisotopic (exact) mass is 626 g/mol. The molecule has 7 rings (SSSR count). The van der Waals surface area contributed by atoms with Gasteiger partial charge < -0.3 is 20.5 Å². The van der Waals surface area contributed by atoms with Gasteiger partial charge in [0.2, 0.25) is 5.91 Å². The fraction of sp³-hybridized carbons (Fsp3) is 0.344. The van der Waals surface area contributed by atoms with Crippen molar-refractivity contribution >= 4 is 28.4 Å². The molecule has 2 aromatic carbocycles. The summed E-state index contributed by atoms with van der Waals surface area (Å²) >= 11 is 0. The molecule has 0 unspecified atom stereocenters. The van der Waals surface area contributed by atoms with Crippen LogP contribution in [0.4, 0.5) is 14.5 Å². The Balaban J connectivity index is 1.09. The highest BCUT2D eigenvalue weighted by Gasteiger charge is 2.35. The van der Waals surface area contributed by atoms with Crippen LogP contribution in [-0.4, -0.2) is 76.8 Å². The van der Waals surface area contributed by atoms with Crippen LogP contribution in [0.5, 0.6) is 0 Å². The van der Waals surface area contributed by atoms with E-state index in [9.17, 15) is 18.4 Å². The number of fused-ring (bicyclic) bond motifs is 2. The lowest BCUT2D eigenvalue weighted by atomic mass is 10.0. The van der Waals surface area contributed by atoms with Crippen LogP contribution in [0.15, 0.2) is 54.9 Å². The number of hydrogen-bond donors (Lipinski definition) is 2. The molecule has 0 radical (unpaired) electrons. The summed E-state index contributed by atoms with van der Waals surface area (Å²) in [7, 11) is 0. The molecular formula is C32H32F2N10O2. The second-order valence-corrected chi connectivity index (χ2v) is 11.7. The van der Waals surface area contributed by atoms with E-state index in [1.165, 1.54) is 15.6 Å². The predicted molar refractivity (Wildman–Crippen MR) is 166 cm³/mol. The van der Waals surface area contributed by atoms with Crippen LogP contribution in [0.1, 0.15) is 42.0 Å². The number of nitrogens with zero attached hydrogens (tertiary/aromatic N) is 8. The first-order valence-corrected chi connectivity index (χ1v) is 15.3. The molecule has 2 aliphatic rings. The molecule has 0 spiro atoms. The molecule has 0 aliphatic carbocycles. The molecule has 14 heteroatoms. The Morgan fingerprint density at radius 1 is 1.02 bits per heavy atom. The molecular weight excluding hydrogens is 594 g/mol. The second-order valence-electron chi connectivity index (χ2n) is 11.7. The van der Waals surface area contributed by atoms with E-state index in [0.717, 1.165) is 49.2 Å². The zero-order valence-corrected chi connectivity index (χ0v) is 24.9. The maximum absolute atomic E-state index is 15.0. The van der Waals surface area contributed by atoms with E-state index >= 15 is 0 Å². The molecule has 236 valence electrons. The summed E-state index contributed by atoms with van der Waals surface area (Å²) in [4.78, 5) is 27.4. The summed E-state index contributed by atoms with van der Waals surface area (Å²) in [5.41, 5.74) is 8.76. The third-order valence-electron chi connectivity index (χ3n) is 8.73. The van der Waals surface area contributed by atoms with Crippen molar-refractivity contribution in [3.8, 4) is 22.5 Å². The van der Waals surface area contributed by atoms with Crippen LogP contribution in [0.3, 0.4) is 0 Å².